The summed E-state index contributed by atoms with van der Waals surface area (Å²) in [6, 6.07) is 15.8. The summed E-state index contributed by atoms with van der Waals surface area (Å²) in [5.74, 6) is 1.01. The van der Waals surface area contributed by atoms with Crippen LogP contribution in [0.5, 0.6) is 0 Å². The van der Waals surface area contributed by atoms with Crippen LogP contribution < -0.4 is 5.32 Å². The van der Waals surface area contributed by atoms with E-state index < -0.39 is 0 Å². The molecular weight excluding hydrogens is 320 g/mol. The molecule has 2 aromatic heterocycles. The number of H-pyrrole nitrogens is 1. The van der Waals surface area contributed by atoms with E-state index in [1.165, 1.54) is 47.6 Å². The fourth-order valence-corrected chi connectivity index (χ4v) is 4.07. The Balaban J connectivity index is 1.53. The van der Waals surface area contributed by atoms with Crippen molar-refractivity contribution in [1.82, 2.24) is 15.2 Å². The van der Waals surface area contributed by atoms with E-state index in [-0.39, 0.29) is 0 Å². The van der Waals surface area contributed by atoms with Gasteiger partial charge in [0.2, 0.25) is 0 Å². The van der Waals surface area contributed by atoms with Crippen molar-refractivity contribution in [3.63, 3.8) is 0 Å². The predicted octanol–water partition coefficient (Wildman–Crippen LogP) is 5.44. The molecule has 0 radical (unpaired) electrons. The van der Waals surface area contributed by atoms with Gasteiger partial charge in [0.15, 0.2) is 0 Å². The van der Waals surface area contributed by atoms with Crippen molar-refractivity contribution in [2.24, 2.45) is 0 Å². The molecule has 1 fully saturated rings. The summed E-state index contributed by atoms with van der Waals surface area (Å²) < 4.78 is 0. The van der Waals surface area contributed by atoms with Crippen molar-refractivity contribution < 1.29 is 0 Å². The highest BCUT2D eigenvalue weighted by Gasteiger charge is 2.15. The number of aromatic amines is 1. The van der Waals surface area contributed by atoms with Gasteiger partial charge < -0.3 is 5.32 Å². The van der Waals surface area contributed by atoms with Crippen LogP contribution in [0, 0.1) is 6.92 Å². The van der Waals surface area contributed by atoms with E-state index in [4.69, 9.17) is 4.98 Å². The number of hydrogen-bond acceptors (Lipinski definition) is 3. The van der Waals surface area contributed by atoms with Crippen molar-refractivity contribution in [3.8, 4) is 11.1 Å². The maximum Gasteiger partial charge on any atom is 0.127 e. The molecule has 0 saturated heterocycles. The summed E-state index contributed by atoms with van der Waals surface area (Å²) in [6.45, 7) is 2.10. The molecule has 0 atom stereocenters. The molecule has 2 heterocycles. The van der Waals surface area contributed by atoms with E-state index in [0.717, 1.165) is 22.4 Å². The van der Waals surface area contributed by atoms with Gasteiger partial charge in [-0.3, -0.25) is 5.10 Å². The molecule has 1 aliphatic rings. The predicted molar refractivity (Wildman–Crippen MR) is 107 cm³/mol. The summed E-state index contributed by atoms with van der Waals surface area (Å²) in [7, 11) is 0. The molecule has 5 rings (SSSR count). The maximum atomic E-state index is 4.82. The average molecular weight is 342 g/mol. The van der Waals surface area contributed by atoms with Crippen LogP contribution in [0.25, 0.3) is 32.8 Å². The van der Waals surface area contributed by atoms with Gasteiger partial charge in [0.1, 0.15) is 5.82 Å². The smallest absolute Gasteiger partial charge is 0.127 e. The van der Waals surface area contributed by atoms with Crippen molar-refractivity contribution in [2.45, 2.75) is 38.6 Å². The Morgan fingerprint density at radius 2 is 1.77 bits per heavy atom. The minimum absolute atomic E-state index is 0.584. The molecule has 4 heteroatoms. The molecule has 2 aromatic carbocycles. The Hall–Kier alpha value is -2.88. The van der Waals surface area contributed by atoms with E-state index in [0.29, 0.717) is 6.04 Å². The van der Waals surface area contributed by atoms with Gasteiger partial charge in [0.25, 0.3) is 0 Å². The Morgan fingerprint density at radius 3 is 2.65 bits per heavy atom. The molecule has 0 unspecified atom stereocenters. The van der Waals surface area contributed by atoms with Crippen LogP contribution >= 0.6 is 0 Å². The molecule has 4 aromatic rings. The zero-order valence-corrected chi connectivity index (χ0v) is 14.9. The number of anilines is 1. The van der Waals surface area contributed by atoms with Gasteiger partial charge >= 0.3 is 0 Å². The summed E-state index contributed by atoms with van der Waals surface area (Å²) in [5, 5.41) is 14.3. The van der Waals surface area contributed by atoms with E-state index in [2.05, 4.69) is 64.9 Å². The highest BCUT2D eigenvalue weighted by Crippen LogP contribution is 2.30. The Bertz CT molecular complexity index is 1090. The Morgan fingerprint density at radius 1 is 0.962 bits per heavy atom. The Kier molecular flexibility index (Phi) is 3.63. The Labute approximate surface area is 152 Å². The lowest BCUT2D eigenvalue weighted by atomic mass is 10.00. The second kappa shape index (κ2) is 6.13. The topological polar surface area (TPSA) is 53.6 Å². The molecule has 0 aliphatic heterocycles. The molecule has 2 N–H and O–H groups in total. The van der Waals surface area contributed by atoms with E-state index in [1.807, 2.05) is 6.20 Å². The van der Waals surface area contributed by atoms with Crippen LogP contribution in [-0.4, -0.2) is 21.2 Å². The largest absolute Gasteiger partial charge is 0.367 e. The van der Waals surface area contributed by atoms with Gasteiger partial charge in [0.05, 0.1) is 11.7 Å². The third-order valence-electron chi connectivity index (χ3n) is 5.50. The van der Waals surface area contributed by atoms with Crippen molar-refractivity contribution >= 4 is 27.5 Å². The molecule has 0 spiro atoms. The number of nitrogens with zero attached hydrogens (tertiary/aromatic N) is 2. The lowest BCUT2D eigenvalue weighted by Crippen LogP contribution is -2.15. The zero-order chi connectivity index (χ0) is 17.5. The quantitative estimate of drug-likeness (QED) is 0.521. The van der Waals surface area contributed by atoms with Gasteiger partial charge in [0, 0.05) is 22.5 Å². The first kappa shape index (κ1) is 15.4. The molecule has 1 saturated carbocycles. The van der Waals surface area contributed by atoms with Gasteiger partial charge in [-0.15, -0.1) is 0 Å². The first-order valence-corrected chi connectivity index (χ1v) is 9.38. The third kappa shape index (κ3) is 2.71. The minimum Gasteiger partial charge on any atom is -0.367 e. The number of rotatable bonds is 3. The van der Waals surface area contributed by atoms with E-state index in [9.17, 15) is 0 Å². The molecular formula is C22H22N4. The molecule has 1 aliphatic carbocycles. The fraction of sp³-hybridized carbons (Fsp3) is 0.273. The number of fused-ring (bicyclic) bond motifs is 2. The number of pyridine rings is 1. The second-order valence-corrected chi connectivity index (χ2v) is 7.33. The van der Waals surface area contributed by atoms with Gasteiger partial charge in [-0.1, -0.05) is 31.0 Å². The van der Waals surface area contributed by atoms with Crippen molar-refractivity contribution in [3.05, 3.63) is 54.4 Å². The summed E-state index contributed by atoms with van der Waals surface area (Å²) in [6.07, 6.45) is 7.04. The average Bonchev–Trinajstić information content (AvgIpc) is 3.32. The summed E-state index contributed by atoms with van der Waals surface area (Å²) >= 11 is 0. The number of benzene rings is 2. The number of aryl methyl sites for hydroxylation is 1. The van der Waals surface area contributed by atoms with Crippen LogP contribution in [0.15, 0.2) is 48.7 Å². The molecule has 130 valence electrons. The number of aromatic nitrogens is 3. The molecule has 4 nitrogen and oxygen atoms in total. The minimum atomic E-state index is 0.584. The number of hydrogen-bond donors (Lipinski definition) is 2. The van der Waals surface area contributed by atoms with Crippen LogP contribution in [0.2, 0.25) is 0 Å². The van der Waals surface area contributed by atoms with Crippen LogP contribution in [0.1, 0.15) is 31.4 Å². The second-order valence-electron chi connectivity index (χ2n) is 7.33. The van der Waals surface area contributed by atoms with Gasteiger partial charge in [-0.25, -0.2) is 4.98 Å². The van der Waals surface area contributed by atoms with Crippen molar-refractivity contribution in [1.29, 1.82) is 0 Å². The first-order valence-electron chi connectivity index (χ1n) is 9.38. The highest BCUT2D eigenvalue weighted by atomic mass is 15.1. The van der Waals surface area contributed by atoms with E-state index >= 15 is 0 Å². The van der Waals surface area contributed by atoms with Gasteiger partial charge in [-0.2, -0.15) is 5.10 Å². The molecule has 0 amide bonds. The number of nitrogens with one attached hydrogen (secondary N) is 2. The molecule has 26 heavy (non-hydrogen) atoms. The van der Waals surface area contributed by atoms with Crippen LogP contribution in [0.4, 0.5) is 5.82 Å². The third-order valence-corrected chi connectivity index (χ3v) is 5.50. The van der Waals surface area contributed by atoms with Gasteiger partial charge in [-0.05, 0) is 60.5 Å². The summed E-state index contributed by atoms with van der Waals surface area (Å²) in [5.41, 5.74) is 4.56. The lowest BCUT2D eigenvalue weighted by molar-refractivity contribution is 0.750. The first-order chi connectivity index (χ1) is 12.8. The monoisotopic (exact) mass is 342 g/mol. The zero-order valence-electron chi connectivity index (χ0n) is 14.9. The summed E-state index contributed by atoms with van der Waals surface area (Å²) in [4.78, 5) is 4.82. The SMILES string of the molecule is Cc1nc(NC2CCCC2)cc2ccc(-c3ccc4[nH]ncc4c3)cc12. The van der Waals surface area contributed by atoms with Crippen LogP contribution in [-0.2, 0) is 0 Å². The standard InChI is InChI=1S/C22H22N4/c1-14-20-11-16(15-8-9-21-18(10-15)13-23-26-21)6-7-17(20)12-22(24-14)25-19-4-2-3-5-19/h6-13,19H,2-5H2,1H3,(H,23,26)(H,24,25). The fourth-order valence-electron chi connectivity index (χ4n) is 4.07. The lowest BCUT2D eigenvalue weighted by Gasteiger charge is -2.15. The molecule has 0 bridgehead atoms. The van der Waals surface area contributed by atoms with E-state index in [1.54, 1.807) is 0 Å². The maximum absolute atomic E-state index is 4.82. The van der Waals surface area contributed by atoms with Crippen LogP contribution in [0.3, 0.4) is 0 Å². The highest BCUT2D eigenvalue weighted by molar-refractivity contribution is 5.92. The normalized spacial score (nSPS) is 15.1. The van der Waals surface area contributed by atoms with Crippen molar-refractivity contribution in [2.75, 3.05) is 5.32 Å².